The topological polar surface area (TPSA) is 13.0 Å². The molecule has 0 heterocycles. The van der Waals surface area contributed by atoms with E-state index in [4.69, 9.17) is 0 Å². The highest BCUT2D eigenvalue weighted by Crippen LogP contribution is 2.65. The Bertz CT molecular complexity index is 3340. The fourth-order valence-corrected chi connectivity index (χ4v) is 11.6. The molecule has 8 aromatic carbocycles. The number of allylic oxidation sites excluding steroid dienone is 14. The van der Waals surface area contributed by atoms with Crippen molar-refractivity contribution in [1.82, 2.24) is 0 Å². The molecule has 0 N–H and O–H groups in total. The van der Waals surface area contributed by atoms with E-state index in [0.717, 1.165) is 68.3 Å². The van der Waals surface area contributed by atoms with Crippen molar-refractivity contribution in [2.75, 3.05) is 19.6 Å². The van der Waals surface area contributed by atoms with Crippen LogP contribution in [0.15, 0.2) is 290 Å². The number of fused-ring (bicyclic) bond motifs is 10. The summed E-state index contributed by atoms with van der Waals surface area (Å²) in [7, 11) is 0. The molecule has 2 aliphatic carbocycles. The van der Waals surface area contributed by atoms with Crippen LogP contribution in [0.25, 0.3) is 22.3 Å². The Morgan fingerprint density at radius 1 is 0.325 bits per heavy atom. The van der Waals surface area contributed by atoms with Gasteiger partial charge < -0.3 is 19.6 Å². The largest absolute Gasteiger partial charge is 0.315 e. The second-order valence-corrected chi connectivity index (χ2v) is 19.4. The number of nitrogens with zero attached hydrogens (tertiary/aromatic N) is 4. The molecule has 8 aromatic rings. The molecule has 2 aliphatic rings. The quantitative estimate of drug-likeness (QED) is 0.0894. The van der Waals surface area contributed by atoms with Crippen molar-refractivity contribution in [2.45, 2.75) is 60.8 Å². The molecule has 4 heteroatoms. The van der Waals surface area contributed by atoms with Crippen LogP contribution in [0, 0.1) is 0 Å². The first-order valence-electron chi connectivity index (χ1n) is 27.0. The third kappa shape index (κ3) is 9.42. The third-order valence-electron chi connectivity index (χ3n) is 14.8. The van der Waals surface area contributed by atoms with Crippen LogP contribution in [0.4, 0.5) is 45.5 Å². The van der Waals surface area contributed by atoms with Gasteiger partial charge in [-0.2, -0.15) is 0 Å². The van der Waals surface area contributed by atoms with E-state index in [-0.39, 0.29) is 0 Å². The minimum absolute atomic E-state index is 0.807. The zero-order valence-electron chi connectivity index (χ0n) is 45.7. The van der Waals surface area contributed by atoms with E-state index in [9.17, 15) is 0 Å². The molecule has 1 spiro atoms. The summed E-state index contributed by atoms with van der Waals surface area (Å²) >= 11 is 0. The highest BCUT2D eigenvalue weighted by molar-refractivity contribution is 5.99. The first-order valence-corrected chi connectivity index (χ1v) is 27.0. The molecule has 0 atom stereocenters. The molecule has 0 unspecified atom stereocenters. The SMILES string of the molecule is C/C=C\C=C(/C)N(C(/C=C\C)=C/C)c1ccc2c(c1)C1(c3cc(N(/C(C)=C/C=C\C)C(/C=C\C)=C/C)ccc3-c3ccc(N(c4ccccc4)c4ccccc4)cc31)c1cc(N(c3ccccc3)c3ccccc3)ccc1-2. The minimum Gasteiger partial charge on any atom is -0.315 e. The van der Waals surface area contributed by atoms with Crippen molar-refractivity contribution in [2.24, 2.45) is 0 Å². The first kappa shape index (κ1) is 51.4. The summed E-state index contributed by atoms with van der Waals surface area (Å²) < 4.78 is 0. The van der Waals surface area contributed by atoms with E-state index in [0.29, 0.717) is 0 Å². The van der Waals surface area contributed by atoms with Gasteiger partial charge in [0.1, 0.15) is 0 Å². The molecule has 0 radical (unpaired) electrons. The van der Waals surface area contributed by atoms with Crippen molar-refractivity contribution >= 4 is 45.5 Å². The van der Waals surface area contributed by atoms with E-state index in [1.807, 2.05) is 0 Å². The van der Waals surface area contributed by atoms with E-state index >= 15 is 0 Å². The Morgan fingerprint density at radius 3 is 0.883 bits per heavy atom. The van der Waals surface area contributed by atoms with Gasteiger partial charge in [-0.3, -0.25) is 0 Å². The fraction of sp³-hybridized carbons (Fsp3) is 0.123. The molecule has 380 valence electrons. The standard InChI is InChI=1S/C73H68N4/c1-9-15-31-53(7)74(55(13-5)29-11-3)61-41-45-65-67-47-43-63(76(57-33-21-17-22-34-57)58-35-23-18-24-36-58)51-71(67)73(69(65)49-61)70-50-62(75(54(8)32-16-10-2)56(14-6)30-12-4)42-46-66(70)68-48-44-64(52-72(68)73)77(59-37-25-19-26-38-59)60-39-27-20-28-40-60/h9-52H,1-8H3/b15-9-,16-10-,29-11-,30-12-,53-31+,54-32+,55-13+,56-14+. The lowest BCUT2D eigenvalue weighted by Crippen LogP contribution is -2.28. The maximum Gasteiger partial charge on any atom is 0.0728 e. The number of rotatable bonds is 16. The van der Waals surface area contributed by atoms with Crippen LogP contribution in [0.5, 0.6) is 0 Å². The van der Waals surface area contributed by atoms with Gasteiger partial charge in [-0.1, -0.05) is 146 Å². The summed E-state index contributed by atoms with van der Waals surface area (Å²) in [5.74, 6) is 0. The zero-order chi connectivity index (χ0) is 53.5. The second-order valence-electron chi connectivity index (χ2n) is 19.4. The Labute approximate surface area is 457 Å². The lowest BCUT2D eigenvalue weighted by atomic mass is 9.70. The molecular formula is C73H68N4. The molecule has 0 aromatic heterocycles. The third-order valence-corrected chi connectivity index (χ3v) is 14.8. The summed E-state index contributed by atoms with van der Waals surface area (Å²) in [6.45, 7) is 17.0. The number of hydrogen-bond donors (Lipinski definition) is 0. The smallest absolute Gasteiger partial charge is 0.0728 e. The van der Waals surface area contributed by atoms with E-state index in [1.54, 1.807) is 0 Å². The summed E-state index contributed by atoms with van der Waals surface area (Å²) in [6.07, 6.45) is 26.0. The van der Waals surface area contributed by atoms with Gasteiger partial charge in [0.15, 0.2) is 0 Å². The Hall–Kier alpha value is -9.12. The van der Waals surface area contributed by atoms with E-state index < -0.39 is 5.41 Å². The average Bonchev–Trinajstić information content (AvgIpc) is 3.93. The summed E-state index contributed by atoms with van der Waals surface area (Å²) in [5.41, 5.74) is 22.1. The zero-order valence-corrected chi connectivity index (χ0v) is 45.7. The predicted molar refractivity (Wildman–Crippen MR) is 331 cm³/mol. The van der Waals surface area contributed by atoms with Crippen LogP contribution in [0.1, 0.15) is 77.6 Å². The number of hydrogen-bond acceptors (Lipinski definition) is 4. The molecule has 0 saturated carbocycles. The lowest BCUT2D eigenvalue weighted by molar-refractivity contribution is 0.792. The van der Waals surface area contributed by atoms with Crippen LogP contribution >= 0.6 is 0 Å². The highest BCUT2D eigenvalue weighted by Gasteiger charge is 2.53. The van der Waals surface area contributed by atoms with Gasteiger partial charge >= 0.3 is 0 Å². The van der Waals surface area contributed by atoms with Crippen LogP contribution in [-0.4, -0.2) is 0 Å². The number of para-hydroxylation sites is 4. The van der Waals surface area contributed by atoms with Crippen molar-refractivity contribution < 1.29 is 0 Å². The van der Waals surface area contributed by atoms with Crippen LogP contribution < -0.4 is 19.6 Å². The fourth-order valence-electron chi connectivity index (χ4n) is 11.6. The van der Waals surface area contributed by atoms with Crippen LogP contribution in [0.3, 0.4) is 0 Å². The normalized spacial score (nSPS) is 15.2. The lowest BCUT2D eigenvalue weighted by Gasteiger charge is -2.35. The van der Waals surface area contributed by atoms with Gasteiger partial charge in [0.2, 0.25) is 0 Å². The molecule has 77 heavy (non-hydrogen) atoms. The van der Waals surface area contributed by atoms with Crippen molar-refractivity contribution in [3.05, 3.63) is 312 Å². The summed E-state index contributed by atoms with van der Waals surface area (Å²) in [6, 6.07) is 71.9. The van der Waals surface area contributed by atoms with Gasteiger partial charge in [0.25, 0.3) is 0 Å². The monoisotopic (exact) mass is 1000 g/mol. The molecule has 0 amide bonds. The van der Waals surface area contributed by atoms with Gasteiger partial charge in [-0.15, -0.1) is 0 Å². The minimum atomic E-state index is -0.807. The molecule has 10 rings (SSSR count). The molecule has 0 aliphatic heterocycles. The highest BCUT2D eigenvalue weighted by atomic mass is 15.2. The average molecular weight is 1000 g/mol. The van der Waals surface area contributed by atoms with Gasteiger partial charge in [0, 0.05) is 68.3 Å². The first-order chi connectivity index (χ1) is 37.8. The second kappa shape index (κ2) is 22.8. The Balaban J connectivity index is 1.36. The van der Waals surface area contributed by atoms with Gasteiger partial charge in [0.05, 0.1) is 5.41 Å². The molecule has 0 fully saturated rings. The Morgan fingerprint density at radius 2 is 0.610 bits per heavy atom. The summed E-state index contributed by atoms with van der Waals surface area (Å²) in [4.78, 5) is 9.60. The molecule has 0 bridgehead atoms. The van der Waals surface area contributed by atoms with E-state index in [2.05, 4.69) is 342 Å². The molecule has 0 saturated heterocycles. The van der Waals surface area contributed by atoms with Crippen LogP contribution in [-0.2, 0) is 5.41 Å². The number of anilines is 8. The molecule has 4 nitrogen and oxygen atoms in total. The van der Waals surface area contributed by atoms with Crippen molar-refractivity contribution in [1.29, 1.82) is 0 Å². The molecular weight excluding hydrogens is 933 g/mol. The predicted octanol–water partition coefficient (Wildman–Crippen LogP) is 20.5. The maximum absolute atomic E-state index is 2.50. The summed E-state index contributed by atoms with van der Waals surface area (Å²) in [5, 5.41) is 0. The van der Waals surface area contributed by atoms with Gasteiger partial charge in [-0.05, 0) is 221 Å². The van der Waals surface area contributed by atoms with Gasteiger partial charge in [-0.25, -0.2) is 0 Å². The van der Waals surface area contributed by atoms with Crippen LogP contribution in [0.2, 0.25) is 0 Å². The number of benzene rings is 8. The Kier molecular flexibility index (Phi) is 15.2. The maximum atomic E-state index is 2.50. The van der Waals surface area contributed by atoms with Crippen molar-refractivity contribution in [3.63, 3.8) is 0 Å². The van der Waals surface area contributed by atoms with E-state index in [1.165, 1.54) is 44.5 Å². The van der Waals surface area contributed by atoms with Crippen molar-refractivity contribution in [3.8, 4) is 22.3 Å².